The predicted molar refractivity (Wildman–Crippen MR) is 146 cm³/mol. The van der Waals surface area contributed by atoms with Gasteiger partial charge in [0, 0.05) is 30.0 Å². The normalized spacial score (nSPS) is 10.8. The zero-order valence-corrected chi connectivity index (χ0v) is 22.1. The highest BCUT2D eigenvalue weighted by atomic mass is 35.5. The molecule has 1 amide bonds. The van der Waals surface area contributed by atoms with Crippen LogP contribution in [0.2, 0.25) is 5.02 Å². The fraction of sp³-hybridized carbons (Fsp3) is 0.233. The Labute approximate surface area is 217 Å². The van der Waals surface area contributed by atoms with E-state index in [0.29, 0.717) is 35.1 Å². The van der Waals surface area contributed by atoms with Crippen LogP contribution in [0.5, 0.6) is 11.5 Å². The number of benzene rings is 3. The summed E-state index contributed by atoms with van der Waals surface area (Å²) in [4.78, 5) is 15.4. The molecule has 3 aromatic carbocycles. The number of likely N-dealkylation sites (N-methyl/N-ethyl adjacent to an activating group) is 1. The summed E-state index contributed by atoms with van der Waals surface area (Å²) in [7, 11) is 5.08. The lowest BCUT2D eigenvalue weighted by atomic mass is 10.1. The van der Waals surface area contributed by atoms with E-state index in [2.05, 4.69) is 35.8 Å². The van der Waals surface area contributed by atoms with E-state index < -0.39 is 0 Å². The first-order valence-electron chi connectivity index (χ1n) is 11.8. The van der Waals surface area contributed by atoms with Gasteiger partial charge in [0.15, 0.2) is 11.5 Å². The number of hydrogen-bond donors (Lipinski definition) is 0. The van der Waals surface area contributed by atoms with E-state index >= 15 is 0 Å². The van der Waals surface area contributed by atoms with Gasteiger partial charge in [-0.2, -0.15) is 0 Å². The summed E-state index contributed by atoms with van der Waals surface area (Å²) in [6.45, 7) is 4.63. The number of halogens is 1. The number of nitrogens with zero attached hydrogens (tertiary/aromatic N) is 2. The smallest absolute Gasteiger partial charge is 0.255 e. The van der Waals surface area contributed by atoms with Gasteiger partial charge in [-0.3, -0.25) is 4.79 Å². The minimum absolute atomic E-state index is 0.0194. The minimum atomic E-state index is -0.0194. The number of ether oxygens (including phenoxy) is 2. The van der Waals surface area contributed by atoms with Gasteiger partial charge in [-0.15, -0.1) is 0 Å². The van der Waals surface area contributed by atoms with Crippen molar-refractivity contribution in [1.29, 1.82) is 0 Å². The van der Waals surface area contributed by atoms with Crippen molar-refractivity contribution in [2.75, 3.05) is 27.8 Å². The maximum atomic E-state index is 13.6. The molecule has 1 aromatic heterocycles. The topological polar surface area (TPSA) is 43.7 Å². The molecule has 0 bridgehead atoms. The van der Waals surface area contributed by atoms with Crippen molar-refractivity contribution in [2.45, 2.75) is 20.3 Å². The number of methoxy groups -OCH3 is 2. The molecule has 0 spiro atoms. The van der Waals surface area contributed by atoms with Gasteiger partial charge >= 0.3 is 0 Å². The average Bonchev–Trinajstić information content (AvgIpc) is 3.24. The lowest BCUT2D eigenvalue weighted by Crippen LogP contribution is -2.29. The Hall–Kier alpha value is -3.70. The van der Waals surface area contributed by atoms with E-state index in [-0.39, 0.29) is 5.91 Å². The van der Waals surface area contributed by atoms with Crippen LogP contribution in [0.25, 0.3) is 16.9 Å². The standard InChI is InChI=1S/C30H31ClN2O3/c1-20-6-13-25(14-7-20)33-21(2)26(19-27(33)23-9-11-24(31)12-10-23)30(34)32(3)17-16-22-8-15-28(35-4)29(18-22)36-5/h6-15,18-19H,16-17H2,1-5H3. The Kier molecular flexibility index (Phi) is 7.70. The summed E-state index contributed by atoms with van der Waals surface area (Å²) < 4.78 is 12.9. The largest absolute Gasteiger partial charge is 0.493 e. The molecule has 0 saturated heterocycles. The Morgan fingerprint density at radius 2 is 1.56 bits per heavy atom. The lowest BCUT2D eigenvalue weighted by molar-refractivity contribution is 0.0796. The number of aromatic nitrogens is 1. The number of hydrogen-bond acceptors (Lipinski definition) is 3. The monoisotopic (exact) mass is 502 g/mol. The zero-order chi connectivity index (χ0) is 25.8. The van der Waals surface area contributed by atoms with Crippen LogP contribution in [-0.4, -0.2) is 43.2 Å². The third-order valence-electron chi connectivity index (χ3n) is 6.44. The van der Waals surface area contributed by atoms with E-state index in [1.54, 1.807) is 19.1 Å². The summed E-state index contributed by atoms with van der Waals surface area (Å²) >= 11 is 6.14. The van der Waals surface area contributed by atoms with Crippen LogP contribution in [0.4, 0.5) is 0 Å². The first-order valence-corrected chi connectivity index (χ1v) is 12.2. The maximum Gasteiger partial charge on any atom is 0.255 e. The molecule has 0 unspecified atom stereocenters. The quantitative estimate of drug-likeness (QED) is 0.268. The highest BCUT2D eigenvalue weighted by Crippen LogP contribution is 2.31. The van der Waals surface area contributed by atoms with Gasteiger partial charge in [-0.05, 0) is 73.9 Å². The van der Waals surface area contributed by atoms with Crippen LogP contribution in [0.15, 0.2) is 72.8 Å². The van der Waals surface area contributed by atoms with Crippen LogP contribution in [-0.2, 0) is 6.42 Å². The molecule has 0 aliphatic heterocycles. The zero-order valence-electron chi connectivity index (χ0n) is 21.3. The number of amides is 1. The van der Waals surface area contributed by atoms with Gasteiger partial charge < -0.3 is 18.9 Å². The van der Waals surface area contributed by atoms with Crippen LogP contribution < -0.4 is 9.47 Å². The number of carbonyl (C=O) groups is 1. The average molecular weight is 503 g/mol. The molecule has 4 rings (SSSR count). The van der Waals surface area contributed by atoms with Crippen LogP contribution >= 0.6 is 11.6 Å². The van der Waals surface area contributed by atoms with Crippen molar-refractivity contribution >= 4 is 17.5 Å². The molecule has 0 fully saturated rings. The molecular weight excluding hydrogens is 472 g/mol. The van der Waals surface area contributed by atoms with Gasteiger partial charge in [0.1, 0.15) is 0 Å². The molecule has 4 aromatic rings. The fourth-order valence-corrected chi connectivity index (χ4v) is 4.45. The van der Waals surface area contributed by atoms with E-state index in [1.807, 2.05) is 62.5 Å². The highest BCUT2D eigenvalue weighted by molar-refractivity contribution is 6.30. The molecule has 6 heteroatoms. The van der Waals surface area contributed by atoms with Gasteiger partial charge in [0.05, 0.1) is 25.5 Å². The van der Waals surface area contributed by atoms with E-state index in [0.717, 1.165) is 28.2 Å². The van der Waals surface area contributed by atoms with Gasteiger partial charge in [0.2, 0.25) is 0 Å². The number of rotatable bonds is 8. The second-order valence-electron chi connectivity index (χ2n) is 8.87. The minimum Gasteiger partial charge on any atom is -0.493 e. The molecule has 0 radical (unpaired) electrons. The van der Waals surface area contributed by atoms with Gasteiger partial charge in [0.25, 0.3) is 5.91 Å². The predicted octanol–water partition coefficient (Wildman–Crippen LogP) is 6.75. The Morgan fingerprint density at radius 1 is 0.889 bits per heavy atom. The maximum absolute atomic E-state index is 13.6. The Balaban J connectivity index is 1.64. The first kappa shape index (κ1) is 25.4. The second kappa shape index (κ2) is 10.9. The molecule has 1 heterocycles. The second-order valence-corrected chi connectivity index (χ2v) is 9.31. The number of aryl methyl sites for hydroxylation is 1. The molecule has 0 aliphatic carbocycles. The molecular formula is C30H31ClN2O3. The summed E-state index contributed by atoms with van der Waals surface area (Å²) in [6.07, 6.45) is 0.699. The van der Waals surface area contributed by atoms with E-state index in [9.17, 15) is 4.79 Å². The summed E-state index contributed by atoms with van der Waals surface area (Å²) in [6, 6.07) is 23.8. The van der Waals surface area contributed by atoms with Gasteiger partial charge in [-0.25, -0.2) is 0 Å². The molecule has 36 heavy (non-hydrogen) atoms. The molecule has 0 saturated carbocycles. The van der Waals surface area contributed by atoms with E-state index in [1.165, 1.54) is 5.56 Å². The van der Waals surface area contributed by atoms with Crippen molar-refractivity contribution in [3.05, 3.63) is 100 Å². The Morgan fingerprint density at radius 3 is 2.19 bits per heavy atom. The molecule has 0 atom stereocenters. The van der Waals surface area contributed by atoms with Crippen LogP contribution in [0.3, 0.4) is 0 Å². The highest BCUT2D eigenvalue weighted by Gasteiger charge is 2.22. The van der Waals surface area contributed by atoms with Crippen molar-refractivity contribution in [1.82, 2.24) is 9.47 Å². The lowest BCUT2D eigenvalue weighted by Gasteiger charge is -2.18. The number of carbonyl (C=O) groups excluding carboxylic acids is 1. The Bertz CT molecular complexity index is 1360. The SMILES string of the molecule is COc1ccc(CCN(C)C(=O)c2cc(-c3ccc(Cl)cc3)n(-c3ccc(C)cc3)c2C)cc1OC. The van der Waals surface area contributed by atoms with Gasteiger partial charge in [-0.1, -0.05) is 47.5 Å². The van der Waals surface area contributed by atoms with E-state index in [4.69, 9.17) is 21.1 Å². The van der Waals surface area contributed by atoms with Crippen molar-refractivity contribution < 1.29 is 14.3 Å². The summed E-state index contributed by atoms with van der Waals surface area (Å²) in [5.74, 6) is 1.35. The fourth-order valence-electron chi connectivity index (χ4n) is 4.32. The van der Waals surface area contributed by atoms with Crippen molar-refractivity contribution in [2.24, 2.45) is 0 Å². The molecule has 186 valence electrons. The van der Waals surface area contributed by atoms with Crippen LogP contribution in [0.1, 0.15) is 27.2 Å². The summed E-state index contributed by atoms with van der Waals surface area (Å²) in [5.41, 5.74) is 6.78. The molecule has 5 nitrogen and oxygen atoms in total. The third-order valence-corrected chi connectivity index (χ3v) is 6.69. The van der Waals surface area contributed by atoms with Crippen molar-refractivity contribution in [3.63, 3.8) is 0 Å². The van der Waals surface area contributed by atoms with Crippen molar-refractivity contribution in [3.8, 4) is 28.4 Å². The molecule has 0 N–H and O–H groups in total. The summed E-state index contributed by atoms with van der Waals surface area (Å²) in [5, 5.41) is 0.676. The first-order chi connectivity index (χ1) is 17.3. The molecule has 0 aliphatic rings. The van der Waals surface area contributed by atoms with Crippen LogP contribution in [0, 0.1) is 13.8 Å². The third kappa shape index (κ3) is 5.26.